The Hall–Kier alpha value is -2.74. The molecule has 1 amide bonds. The minimum Gasteiger partial charge on any atom is -0.435 e. The second kappa shape index (κ2) is 7.87. The third kappa shape index (κ3) is 4.16. The Bertz CT molecular complexity index is 939. The number of aromatic nitrogens is 2. The molecule has 3 rings (SSSR count). The van der Waals surface area contributed by atoms with Gasteiger partial charge in [-0.2, -0.15) is 8.78 Å². The summed E-state index contributed by atoms with van der Waals surface area (Å²) in [5.74, 6) is -0.177. The predicted octanol–water partition coefficient (Wildman–Crippen LogP) is 4.64. The SMILES string of the molecule is Cc1cc(C(=O)NC(C)c2cccc(OC(F)F)c2)c(C)n1-c1nccs1. The minimum atomic E-state index is -2.89. The fourth-order valence-corrected chi connectivity index (χ4v) is 3.68. The highest BCUT2D eigenvalue weighted by Crippen LogP contribution is 2.24. The predicted molar refractivity (Wildman–Crippen MR) is 99.9 cm³/mol. The van der Waals surface area contributed by atoms with Gasteiger partial charge in [0.05, 0.1) is 11.6 Å². The molecule has 0 spiro atoms. The standard InChI is InChI=1S/C19H19F2N3O2S/c1-11-9-16(13(3)24(11)19-22-7-8-27-19)17(25)23-12(2)14-5-4-6-15(10-14)26-18(20)21/h4-10,12,18H,1-3H3,(H,23,25). The zero-order chi connectivity index (χ0) is 19.6. The maximum Gasteiger partial charge on any atom is 0.387 e. The van der Waals surface area contributed by atoms with Gasteiger partial charge >= 0.3 is 6.61 Å². The topological polar surface area (TPSA) is 56.1 Å². The van der Waals surface area contributed by atoms with Gasteiger partial charge < -0.3 is 10.1 Å². The van der Waals surface area contributed by atoms with E-state index in [1.54, 1.807) is 25.3 Å². The summed E-state index contributed by atoms with van der Waals surface area (Å²) in [5.41, 5.74) is 2.93. The molecule has 27 heavy (non-hydrogen) atoms. The van der Waals surface area contributed by atoms with Crippen LogP contribution in [0.2, 0.25) is 0 Å². The summed E-state index contributed by atoms with van der Waals surface area (Å²) >= 11 is 1.49. The fraction of sp³-hybridized carbons (Fsp3) is 0.263. The van der Waals surface area contributed by atoms with E-state index >= 15 is 0 Å². The van der Waals surface area contributed by atoms with Gasteiger partial charge in [0.25, 0.3) is 5.91 Å². The van der Waals surface area contributed by atoms with E-state index in [0.29, 0.717) is 11.1 Å². The normalized spacial score (nSPS) is 12.2. The first-order valence-electron chi connectivity index (χ1n) is 8.31. The molecule has 1 N–H and O–H groups in total. The van der Waals surface area contributed by atoms with E-state index in [0.717, 1.165) is 16.5 Å². The van der Waals surface area contributed by atoms with Gasteiger partial charge in [0.1, 0.15) is 5.75 Å². The third-order valence-corrected chi connectivity index (χ3v) is 4.97. The first kappa shape index (κ1) is 19.0. The number of carbonyl (C=O) groups excluding carboxylic acids is 1. The summed E-state index contributed by atoms with van der Waals surface area (Å²) in [7, 11) is 0. The molecular formula is C19H19F2N3O2S. The van der Waals surface area contributed by atoms with Gasteiger partial charge in [-0.3, -0.25) is 9.36 Å². The van der Waals surface area contributed by atoms with Crippen molar-refractivity contribution in [2.24, 2.45) is 0 Å². The summed E-state index contributed by atoms with van der Waals surface area (Å²) in [5, 5.41) is 5.59. The lowest BCUT2D eigenvalue weighted by molar-refractivity contribution is -0.0499. The number of ether oxygens (including phenoxy) is 1. The largest absolute Gasteiger partial charge is 0.435 e. The molecule has 2 aromatic heterocycles. The second-order valence-electron chi connectivity index (χ2n) is 6.08. The van der Waals surface area contributed by atoms with Crippen LogP contribution in [0.15, 0.2) is 41.9 Å². The zero-order valence-electron chi connectivity index (χ0n) is 15.1. The van der Waals surface area contributed by atoms with Gasteiger partial charge in [-0.1, -0.05) is 12.1 Å². The van der Waals surface area contributed by atoms with Gasteiger partial charge in [-0.25, -0.2) is 4.98 Å². The average molecular weight is 391 g/mol. The average Bonchev–Trinajstić information content (AvgIpc) is 3.22. The lowest BCUT2D eigenvalue weighted by atomic mass is 10.1. The maximum absolute atomic E-state index is 12.8. The molecule has 8 heteroatoms. The van der Waals surface area contributed by atoms with Crippen molar-refractivity contribution in [3.05, 3.63) is 64.4 Å². The molecule has 0 aliphatic heterocycles. The van der Waals surface area contributed by atoms with Crippen LogP contribution in [0.25, 0.3) is 5.13 Å². The molecule has 3 aromatic rings. The number of aryl methyl sites for hydroxylation is 1. The molecule has 0 fully saturated rings. The van der Waals surface area contributed by atoms with Crippen molar-refractivity contribution < 1.29 is 18.3 Å². The molecule has 1 unspecified atom stereocenters. The lowest BCUT2D eigenvalue weighted by Crippen LogP contribution is -2.27. The van der Waals surface area contributed by atoms with Crippen LogP contribution >= 0.6 is 11.3 Å². The summed E-state index contributed by atoms with van der Waals surface area (Å²) in [4.78, 5) is 17.1. The summed E-state index contributed by atoms with van der Waals surface area (Å²) in [6, 6.07) is 7.75. The number of hydrogen-bond donors (Lipinski definition) is 1. The van der Waals surface area contributed by atoms with Crippen LogP contribution in [-0.2, 0) is 0 Å². The molecule has 1 aromatic carbocycles. The molecule has 0 aliphatic rings. The van der Waals surface area contributed by atoms with E-state index in [4.69, 9.17) is 0 Å². The number of hydrogen-bond acceptors (Lipinski definition) is 4. The minimum absolute atomic E-state index is 0.0607. The molecule has 0 saturated carbocycles. The van der Waals surface area contributed by atoms with Crippen LogP contribution in [0.5, 0.6) is 5.75 Å². The monoisotopic (exact) mass is 391 g/mol. The Morgan fingerprint density at radius 3 is 2.74 bits per heavy atom. The molecule has 2 heterocycles. The van der Waals surface area contributed by atoms with E-state index < -0.39 is 6.61 Å². The Morgan fingerprint density at radius 1 is 1.30 bits per heavy atom. The van der Waals surface area contributed by atoms with Gasteiger partial charge in [0.2, 0.25) is 0 Å². The van der Waals surface area contributed by atoms with Crippen LogP contribution in [0.3, 0.4) is 0 Å². The van der Waals surface area contributed by atoms with Crippen LogP contribution in [0.4, 0.5) is 8.78 Å². The van der Waals surface area contributed by atoms with Crippen LogP contribution < -0.4 is 10.1 Å². The number of thiazole rings is 1. The van der Waals surface area contributed by atoms with Crippen LogP contribution in [0, 0.1) is 13.8 Å². The Kier molecular flexibility index (Phi) is 5.55. The number of amides is 1. The van der Waals surface area contributed by atoms with Crippen molar-refractivity contribution >= 4 is 17.2 Å². The summed E-state index contributed by atoms with van der Waals surface area (Å²) in [6.45, 7) is 2.69. The highest BCUT2D eigenvalue weighted by Gasteiger charge is 2.20. The molecule has 0 radical (unpaired) electrons. The summed E-state index contributed by atoms with van der Waals surface area (Å²) < 4.78 is 31.1. The van der Waals surface area contributed by atoms with E-state index in [-0.39, 0.29) is 17.7 Å². The molecule has 0 bridgehead atoms. The highest BCUT2D eigenvalue weighted by molar-refractivity contribution is 7.12. The van der Waals surface area contributed by atoms with Gasteiger partial charge in [0, 0.05) is 23.0 Å². The maximum atomic E-state index is 12.8. The molecule has 142 valence electrons. The van der Waals surface area contributed by atoms with Gasteiger partial charge in [-0.15, -0.1) is 11.3 Å². The lowest BCUT2D eigenvalue weighted by Gasteiger charge is -2.15. The Balaban J connectivity index is 1.79. The van der Waals surface area contributed by atoms with E-state index in [1.165, 1.54) is 23.5 Å². The smallest absolute Gasteiger partial charge is 0.387 e. The number of rotatable bonds is 6. The first-order valence-corrected chi connectivity index (χ1v) is 9.19. The molecule has 0 aliphatic carbocycles. The third-order valence-electron chi connectivity index (χ3n) is 4.22. The number of nitrogens with zero attached hydrogens (tertiary/aromatic N) is 2. The molecule has 1 atom stereocenters. The van der Waals surface area contributed by atoms with E-state index in [9.17, 15) is 13.6 Å². The van der Waals surface area contributed by atoms with Crippen molar-refractivity contribution in [2.45, 2.75) is 33.4 Å². The van der Waals surface area contributed by atoms with Crippen molar-refractivity contribution in [3.8, 4) is 10.9 Å². The molecule has 5 nitrogen and oxygen atoms in total. The number of benzene rings is 1. The second-order valence-corrected chi connectivity index (χ2v) is 6.95. The first-order chi connectivity index (χ1) is 12.9. The summed E-state index contributed by atoms with van der Waals surface area (Å²) in [6.07, 6.45) is 1.72. The quantitative estimate of drug-likeness (QED) is 0.666. The fourth-order valence-electron chi connectivity index (χ4n) is 2.93. The number of nitrogens with one attached hydrogen (secondary N) is 1. The van der Waals surface area contributed by atoms with Crippen molar-refractivity contribution in [1.82, 2.24) is 14.9 Å². The van der Waals surface area contributed by atoms with E-state index in [2.05, 4.69) is 15.0 Å². The van der Waals surface area contributed by atoms with Crippen LogP contribution in [0.1, 0.15) is 40.3 Å². The van der Waals surface area contributed by atoms with Crippen LogP contribution in [-0.4, -0.2) is 22.1 Å². The van der Waals surface area contributed by atoms with Gasteiger partial charge in [0.15, 0.2) is 5.13 Å². The van der Waals surface area contributed by atoms with Gasteiger partial charge in [-0.05, 0) is 44.5 Å². The number of alkyl halides is 2. The Labute approximate surface area is 159 Å². The number of halogens is 2. The molecule has 0 saturated heterocycles. The highest BCUT2D eigenvalue weighted by atomic mass is 32.1. The zero-order valence-corrected chi connectivity index (χ0v) is 15.9. The number of carbonyl (C=O) groups is 1. The van der Waals surface area contributed by atoms with Crippen molar-refractivity contribution in [2.75, 3.05) is 0 Å². The van der Waals surface area contributed by atoms with E-state index in [1.807, 2.05) is 29.9 Å². The van der Waals surface area contributed by atoms with Crippen molar-refractivity contribution in [1.29, 1.82) is 0 Å². The Morgan fingerprint density at radius 2 is 2.07 bits per heavy atom. The van der Waals surface area contributed by atoms with Crippen molar-refractivity contribution in [3.63, 3.8) is 0 Å². The molecular weight excluding hydrogens is 372 g/mol.